The number of carbonyl (C=O) groups excluding carboxylic acids is 2. The Balaban J connectivity index is 1.62. The lowest BCUT2D eigenvalue weighted by molar-refractivity contribution is -0.132. The number of para-hydroxylation sites is 1. The number of rotatable bonds is 3. The van der Waals surface area contributed by atoms with E-state index in [-0.39, 0.29) is 29.5 Å². The molecule has 0 radical (unpaired) electrons. The third-order valence-electron chi connectivity index (χ3n) is 4.69. The second-order valence-corrected chi connectivity index (χ2v) is 6.16. The van der Waals surface area contributed by atoms with Crippen LogP contribution in [0.15, 0.2) is 30.9 Å². The first-order valence-electron chi connectivity index (χ1n) is 8.23. The maximum Gasteiger partial charge on any atom is 0.245 e. The van der Waals surface area contributed by atoms with Crippen molar-refractivity contribution < 1.29 is 18.7 Å². The van der Waals surface area contributed by atoms with Crippen LogP contribution >= 0.6 is 0 Å². The molecule has 0 saturated carbocycles. The molecule has 5 nitrogen and oxygen atoms in total. The molecule has 3 rings (SSSR count). The molecule has 0 aromatic heterocycles. The zero-order chi connectivity index (χ0) is 17.1. The van der Waals surface area contributed by atoms with Gasteiger partial charge >= 0.3 is 0 Å². The van der Waals surface area contributed by atoms with Crippen LogP contribution < -0.4 is 10.1 Å². The molecular formula is C18H21FN2O3. The number of nitrogens with one attached hydrogen (secondary N) is 1. The highest BCUT2D eigenvalue weighted by atomic mass is 19.1. The van der Waals surface area contributed by atoms with Crippen LogP contribution in [-0.4, -0.2) is 36.4 Å². The minimum Gasteiger partial charge on any atom is -0.490 e. The number of halogens is 1. The van der Waals surface area contributed by atoms with Gasteiger partial charge in [0.25, 0.3) is 0 Å². The van der Waals surface area contributed by atoms with Crippen LogP contribution in [0, 0.1) is 11.7 Å². The number of piperidine rings is 1. The van der Waals surface area contributed by atoms with Gasteiger partial charge in [-0.25, -0.2) is 4.39 Å². The number of hydrogen-bond donors (Lipinski definition) is 1. The smallest absolute Gasteiger partial charge is 0.245 e. The van der Waals surface area contributed by atoms with Gasteiger partial charge in [0, 0.05) is 31.0 Å². The summed E-state index contributed by atoms with van der Waals surface area (Å²) in [5.41, 5.74) is 0.689. The topological polar surface area (TPSA) is 58.6 Å². The van der Waals surface area contributed by atoms with Crippen molar-refractivity contribution in [2.45, 2.75) is 25.3 Å². The second kappa shape index (κ2) is 7.03. The standard InChI is InChI=1S/C18H21FN2O3/c1-2-16(22)21-9-6-12(7-10-21)18(23)20-15-8-11-24-17-13(15)4-3-5-14(17)19/h2-5,12,15H,1,6-11H2,(H,20,23)/t15-/m0/s1. The van der Waals surface area contributed by atoms with E-state index >= 15 is 0 Å². The largest absolute Gasteiger partial charge is 0.490 e. The Kier molecular flexibility index (Phi) is 4.83. The van der Waals surface area contributed by atoms with Crippen molar-refractivity contribution in [1.82, 2.24) is 10.2 Å². The normalized spacial score (nSPS) is 20.7. The lowest BCUT2D eigenvalue weighted by Gasteiger charge is -2.32. The van der Waals surface area contributed by atoms with Gasteiger partial charge in [-0.2, -0.15) is 0 Å². The van der Waals surface area contributed by atoms with Crippen molar-refractivity contribution in [3.8, 4) is 5.75 Å². The predicted octanol–water partition coefficient (Wildman–Crippen LogP) is 2.19. The summed E-state index contributed by atoms with van der Waals surface area (Å²) in [5.74, 6) is -0.424. The molecule has 0 aliphatic carbocycles. The van der Waals surface area contributed by atoms with Crippen LogP contribution in [0.25, 0.3) is 0 Å². The number of benzene rings is 1. The van der Waals surface area contributed by atoms with Crippen molar-refractivity contribution in [1.29, 1.82) is 0 Å². The van der Waals surface area contributed by atoms with E-state index in [9.17, 15) is 14.0 Å². The number of hydrogen-bond acceptors (Lipinski definition) is 3. The molecule has 2 heterocycles. The van der Waals surface area contributed by atoms with Gasteiger partial charge in [0.15, 0.2) is 11.6 Å². The minimum atomic E-state index is -0.400. The number of amides is 2. The molecule has 128 valence electrons. The van der Waals surface area contributed by atoms with Gasteiger partial charge in [0.2, 0.25) is 11.8 Å². The zero-order valence-electron chi connectivity index (χ0n) is 13.5. The monoisotopic (exact) mass is 332 g/mol. The molecule has 1 aromatic rings. The summed E-state index contributed by atoms with van der Waals surface area (Å²) in [4.78, 5) is 25.8. The third kappa shape index (κ3) is 3.27. The second-order valence-electron chi connectivity index (χ2n) is 6.16. The molecule has 1 aromatic carbocycles. The van der Waals surface area contributed by atoms with E-state index in [1.54, 1.807) is 17.0 Å². The number of carbonyl (C=O) groups is 2. The Morgan fingerprint density at radius 3 is 2.75 bits per heavy atom. The van der Waals surface area contributed by atoms with Gasteiger partial charge in [0.05, 0.1) is 12.6 Å². The van der Waals surface area contributed by atoms with Crippen molar-refractivity contribution in [2.75, 3.05) is 19.7 Å². The molecule has 2 amide bonds. The Morgan fingerprint density at radius 1 is 1.29 bits per heavy atom. The number of nitrogens with zero attached hydrogens (tertiary/aromatic N) is 1. The van der Waals surface area contributed by atoms with Gasteiger partial charge in [0.1, 0.15) is 0 Å². The fourth-order valence-corrected chi connectivity index (χ4v) is 3.32. The Bertz CT molecular complexity index is 654. The molecular weight excluding hydrogens is 311 g/mol. The lowest BCUT2D eigenvalue weighted by Crippen LogP contribution is -2.43. The van der Waals surface area contributed by atoms with Gasteiger partial charge in [-0.3, -0.25) is 9.59 Å². The van der Waals surface area contributed by atoms with E-state index in [0.29, 0.717) is 44.5 Å². The van der Waals surface area contributed by atoms with Crippen LogP contribution in [-0.2, 0) is 9.59 Å². The van der Waals surface area contributed by atoms with E-state index < -0.39 is 5.82 Å². The summed E-state index contributed by atoms with van der Waals surface area (Å²) in [5, 5.41) is 3.02. The highest BCUT2D eigenvalue weighted by molar-refractivity contribution is 5.87. The average molecular weight is 332 g/mol. The Morgan fingerprint density at radius 2 is 2.04 bits per heavy atom. The third-order valence-corrected chi connectivity index (χ3v) is 4.69. The van der Waals surface area contributed by atoms with Crippen LogP contribution in [0.1, 0.15) is 30.9 Å². The quantitative estimate of drug-likeness (QED) is 0.863. The highest BCUT2D eigenvalue weighted by Crippen LogP contribution is 2.34. The van der Waals surface area contributed by atoms with Crippen molar-refractivity contribution in [2.24, 2.45) is 5.92 Å². The first-order chi connectivity index (χ1) is 11.6. The van der Waals surface area contributed by atoms with Gasteiger partial charge in [-0.1, -0.05) is 18.7 Å². The minimum absolute atomic E-state index is 0.0391. The molecule has 1 fully saturated rings. The number of fused-ring (bicyclic) bond motifs is 1. The summed E-state index contributed by atoms with van der Waals surface area (Å²) in [6, 6.07) is 4.54. The molecule has 24 heavy (non-hydrogen) atoms. The highest BCUT2D eigenvalue weighted by Gasteiger charge is 2.30. The summed E-state index contributed by atoms with van der Waals surface area (Å²) in [6.45, 7) is 4.98. The number of ether oxygens (including phenoxy) is 1. The summed E-state index contributed by atoms with van der Waals surface area (Å²) >= 11 is 0. The van der Waals surface area contributed by atoms with E-state index in [1.165, 1.54) is 12.1 Å². The average Bonchev–Trinajstić information content (AvgIpc) is 2.62. The van der Waals surface area contributed by atoms with Crippen LogP contribution in [0.2, 0.25) is 0 Å². The Labute approximate surface area is 140 Å². The van der Waals surface area contributed by atoms with Crippen LogP contribution in [0.4, 0.5) is 4.39 Å². The predicted molar refractivity (Wildman–Crippen MR) is 86.9 cm³/mol. The van der Waals surface area contributed by atoms with Crippen LogP contribution in [0.3, 0.4) is 0 Å². The SMILES string of the molecule is C=CC(=O)N1CCC(C(=O)N[C@H]2CCOc3c(F)cccc32)CC1. The summed E-state index contributed by atoms with van der Waals surface area (Å²) in [6.07, 6.45) is 3.18. The van der Waals surface area contributed by atoms with E-state index in [2.05, 4.69) is 11.9 Å². The van der Waals surface area contributed by atoms with Crippen molar-refractivity contribution in [3.63, 3.8) is 0 Å². The van der Waals surface area contributed by atoms with Gasteiger partial charge < -0.3 is 15.0 Å². The molecule has 0 spiro atoms. The number of likely N-dealkylation sites (tertiary alicyclic amines) is 1. The van der Waals surface area contributed by atoms with Crippen molar-refractivity contribution >= 4 is 11.8 Å². The molecule has 0 bridgehead atoms. The van der Waals surface area contributed by atoms with Crippen LogP contribution in [0.5, 0.6) is 5.75 Å². The molecule has 6 heteroatoms. The Hall–Kier alpha value is -2.37. The molecule has 0 unspecified atom stereocenters. The maximum atomic E-state index is 13.8. The van der Waals surface area contributed by atoms with E-state index in [1.807, 2.05) is 0 Å². The first-order valence-corrected chi connectivity index (χ1v) is 8.23. The molecule has 1 saturated heterocycles. The van der Waals surface area contributed by atoms with Crippen molar-refractivity contribution in [3.05, 3.63) is 42.2 Å². The molecule has 2 aliphatic heterocycles. The fraction of sp³-hybridized carbons (Fsp3) is 0.444. The molecule has 1 N–H and O–H groups in total. The zero-order valence-corrected chi connectivity index (χ0v) is 13.5. The molecule has 2 aliphatic rings. The summed E-state index contributed by atoms with van der Waals surface area (Å²) < 4.78 is 19.2. The summed E-state index contributed by atoms with van der Waals surface area (Å²) in [7, 11) is 0. The van der Waals surface area contributed by atoms with E-state index in [0.717, 1.165) is 0 Å². The van der Waals surface area contributed by atoms with Gasteiger partial charge in [-0.05, 0) is 25.0 Å². The fourth-order valence-electron chi connectivity index (χ4n) is 3.32. The molecule has 1 atom stereocenters. The first kappa shape index (κ1) is 16.5. The van der Waals surface area contributed by atoms with E-state index in [4.69, 9.17) is 4.74 Å². The maximum absolute atomic E-state index is 13.8. The van der Waals surface area contributed by atoms with Gasteiger partial charge in [-0.15, -0.1) is 0 Å². The lowest BCUT2D eigenvalue weighted by atomic mass is 9.94.